The Bertz CT molecular complexity index is 836. The van der Waals surface area contributed by atoms with Gasteiger partial charge in [-0.25, -0.2) is 4.79 Å². The van der Waals surface area contributed by atoms with Crippen LogP contribution in [0.3, 0.4) is 0 Å². The van der Waals surface area contributed by atoms with Gasteiger partial charge in [0.1, 0.15) is 13.0 Å². The summed E-state index contributed by atoms with van der Waals surface area (Å²) >= 11 is 0. The SMILES string of the molecule is CCOCn1c(Cc2cccc(CCC=O)c2)c(CC)c(=O)[nH]c1=O. The molecule has 0 unspecified atom stereocenters. The van der Waals surface area contributed by atoms with Crippen molar-refractivity contribution < 1.29 is 9.53 Å². The number of aldehydes is 1. The van der Waals surface area contributed by atoms with Gasteiger partial charge in [-0.1, -0.05) is 31.2 Å². The van der Waals surface area contributed by atoms with Crippen molar-refractivity contribution in [3.8, 4) is 0 Å². The van der Waals surface area contributed by atoms with Crippen molar-refractivity contribution in [2.24, 2.45) is 0 Å². The Morgan fingerprint density at radius 2 is 1.96 bits per heavy atom. The van der Waals surface area contributed by atoms with Crippen LogP contribution in [0.25, 0.3) is 0 Å². The molecule has 0 bridgehead atoms. The molecule has 2 rings (SSSR count). The zero-order chi connectivity index (χ0) is 18.2. The minimum atomic E-state index is -0.456. The number of nitrogens with zero attached hydrogens (tertiary/aromatic N) is 1. The minimum absolute atomic E-state index is 0.110. The van der Waals surface area contributed by atoms with Gasteiger partial charge in [0, 0.05) is 30.7 Å². The maximum Gasteiger partial charge on any atom is 0.330 e. The van der Waals surface area contributed by atoms with Crippen molar-refractivity contribution in [3.05, 3.63) is 67.5 Å². The molecule has 0 saturated heterocycles. The molecule has 0 radical (unpaired) electrons. The number of aryl methyl sites for hydroxylation is 1. The van der Waals surface area contributed by atoms with Gasteiger partial charge in [-0.2, -0.15) is 0 Å². The van der Waals surface area contributed by atoms with Crippen LogP contribution in [0.1, 0.15) is 42.7 Å². The van der Waals surface area contributed by atoms with Gasteiger partial charge >= 0.3 is 5.69 Å². The van der Waals surface area contributed by atoms with Crippen LogP contribution in [0.5, 0.6) is 0 Å². The van der Waals surface area contributed by atoms with E-state index in [-0.39, 0.29) is 12.3 Å². The minimum Gasteiger partial charge on any atom is -0.361 e. The molecule has 0 amide bonds. The Morgan fingerprint density at radius 3 is 2.64 bits per heavy atom. The van der Waals surface area contributed by atoms with Gasteiger partial charge in [0.25, 0.3) is 5.56 Å². The van der Waals surface area contributed by atoms with Crippen LogP contribution in [-0.2, 0) is 35.5 Å². The molecule has 1 heterocycles. The Labute approximate surface area is 146 Å². The van der Waals surface area contributed by atoms with Crippen LogP contribution in [0, 0.1) is 0 Å². The molecule has 1 N–H and O–H groups in total. The third-order valence-corrected chi connectivity index (χ3v) is 4.11. The lowest BCUT2D eigenvalue weighted by Gasteiger charge is -2.16. The number of ether oxygens (including phenoxy) is 1. The monoisotopic (exact) mass is 344 g/mol. The Kier molecular flexibility index (Phi) is 6.89. The maximum absolute atomic E-state index is 12.2. The summed E-state index contributed by atoms with van der Waals surface area (Å²) in [5, 5.41) is 0. The third kappa shape index (κ3) is 4.76. The van der Waals surface area contributed by atoms with Gasteiger partial charge in [-0.3, -0.25) is 14.3 Å². The highest BCUT2D eigenvalue weighted by Crippen LogP contribution is 2.14. The summed E-state index contributed by atoms with van der Waals surface area (Å²) in [7, 11) is 0. The number of benzene rings is 1. The van der Waals surface area contributed by atoms with Crippen LogP contribution in [0.4, 0.5) is 0 Å². The number of H-pyrrole nitrogens is 1. The van der Waals surface area contributed by atoms with Gasteiger partial charge < -0.3 is 9.53 Å². The van der Waals surface area contributed by atoms with Gasteiger partial charge in [-0.05, 0) is 30.9 Å². The highest BCUT2D eigenvalue weighted by Gasteiger charge is 2.14. The lowest BCUT2D eigenvalue weighted by molar-refractivity contribution is -0.107. The molecule has 0 fully saturated rings. The molecule has 0 aliphatic heterocycles. The van der Waals surface area contributed by atoms with Crippen LogP contribution < -0.4 is 11.2 Å². The lowest BCUT2D eigenvalue weighted by atomic mass is 10.0. The van der Waals surface area contributed by atoms with Gasteiger partial charge in [0.2, 0.25) is 0 Å². The van der Waals surface area contributed by atoms with E-state index in [4.69, 9.17) is 4.74 Å². The first-order chi connectivity index (χ1) is 12.1. The first-order valence-corrected chi connectivity index (χ1v) is 8.54. The molecule has 0 aliphatic carbocycles. The zero-order valence-electron chi connectivity index (χ0n) is 14.7. The van der Waals surface area contributed by atoms with E-state index < -0.39 is 5.69 Å². The molecule has 2 aromatic rings. The highest BCUT2D eigenvalue weighted by molar-refractivity contribution is 5.50. The fourth-order valence-electron chi connectivity index (χ4n) is 2.86. The van der Waals surface area contributed by atoms with Crippen LogP contribution in [0.2, 0.25) is 0 Å². The van der Waals surface area contributed by atoms with E-state index >= 15 is 0 Å². The molecule has 6 nitrogen and oxygen atoms in total. The molecule has 25 heavy (non-hydrogen) atoms. The molecule has 1 aromatic heterocycles. The number of aromatic amines is 1. The second-order valence-electron chi connectivity index (χ2n) is 5.79. The average molecular weight is 344 g/mol. The van der Waals surface area contributed by atoms with E-state index in [1.807, 2.05) is 38.1 Å². The topological polar surface area (TPSA) is 81.2 Å². The predicted octanol–water partition coefficient (Wildman–Crippen LogP) is 1.82. The number of carbonyl (C=O) groups excluding carboxylic acids is 1. The molecule has 6 heteroatoms. The zero-order valence-corrected chi connectivity index (χ0v) is 14.7. The summed E-state index contributed by atoms with van der Waals surface area (Å²) in [6, 6.07) is 7.87. The number of hydrogen-bond donors (Lipinski definition) is 1. The third-order valence-electron chi connectivity index (χ3n) is 4.11. The summed E-state index contributed by atoms with van der Waals surface area (Å²) < 4.78 is 6.88. The van der Waals surface area contributed by atoms with Crippen LogP contribution in [-0.4, -0.2) is 22.4 Å². The molecule has 134 valence electrons. The van der Waals surface area contributed by atoms with Crippen molar-refractivity contribution in [1.82, 2.24) is 9.55 Å². The smallest absolute Gasteiger partial charge is 0.330 e. The quantitative estimate of drug-likeness (QED) is 0.704. The first kappa shape index (κ1) is 18.9. The molecule has 1 aromatic carbocycles. The summed E-state index contributed by atoms with van der Waals surface area (Å²) in [5.41, 5.74) is 2.53. The summed E-state index contributed by atoms with van der Waals surface area (Å²) in [6.45, 7) is 4.34. The van der Waals surface area contributed by atoms with Crippen molar-refractivity contribution >= 4 is 6.29 Å². The Hall–Kier alpha value is -2.47. The Morgan fingerprint density at radius 1 is 1.20 bits per heavy atom. The van der Waals surface area contributed by atoms with E-state index in [9.17, 15) is 14.4 Å². The fourth-order valence-corrected chi connectivity index (χ4v) is 2.86. The van der Waals surface area contributed by atoms with Crippen LogP contribution >= 0.6 is 0 Å². The van der Waals surface area contributed by atoms with Gasteiger partial charge in [-0.15, -0.1) is 0 Å². The molecular weight excluding hydrogens is 320 g/mol. The summed E-state index contributed by atoms with van der Waals surface area (Å²) in [5.74, 6) is 0. The number of nitrogens with one attached hydrogen (secondary N) is 1. The van der Waals surface area contributed by atoms with Crippen molar-refractivity contribution in [3.63, 3.8) is 0 Å². The molecule has 0 aliphatic rings. The predicted molar refractivity (Wildman–Crippen MR) is 96.0 cm³/mol. The van der Waals surface area contributed by atoms with E-state index in [0.717, 1.165) is 17.4 Å². The normalized spacial score (nSPS) is 10.8. The number of rotatable bonds is 9. The fraction of sp³-hybridized carbons (Fsp3) is 0.421. The van der Waals surface area contributed by atoms with Crippen LogP contribution in [0.15, 0.2) is 33.9 Å². The number of hydrogen-bond acceptors (Lipinski definition) is 4. The van der Waals surface area contributed by atoms with Crippen molar-refractivity contribution in [2.45, 2.75) is 46.3 Å². The van der Waals surface area contributed by atoms with E-state index in [1.165, 1.54) is 4.57 Å². The van der Waals surface area contributed by atoms with Gasteiger partial charge in [0.15, 0.2) is 0 Å². The summed E-state index contributed by atoms with van der Waals surface area (Å²) in [6.07, 6.45) is 3.05. The second kappa shape index (κ2) is 9.13. The van der Waals surface area contributed by atoms with Crippen molar-refractivity contribution in [1.29, 1.82) is 0 Å². The molecule has 0 saturated carbocycles. The van der Waals surface area contributed by atoms with Gasteiger partial charge in [0.05, 0.1) is 0 Å². The molecular formula is C19H24N2O4. The Balaban J connectivity index is 2.44. The number of aromatic nitrogens is 2. The van der Waals surface area contributed by atoms with E-state index in [2.05, 4.69) is 4.98 Å². The standard InChI is InChI=1S/C19H24N2O4/c1-3-16-17(21(13-25-4-2)19(24)20-18(16)23)12-15-8-5-7-14(11-15)9-6-10-22/h5,7-8,10-11H,3-4,6,9,12-13H2,1-2H3,(H,20,23,24). The molecule has 0 atom stereocenters. The highest BCUT2D eigenvalue weighted by atomic mass is 16.5. The average Bonchev–Trinajstić information content (AvgIpc) is 2.60. The van der Waals surface area contributed by atoms with Crippen molar-refractivity contribution in [2.75, 3.05) is 6.61 Å². The lowest BCUT2D eigenvalue weighted by Crippen LogP contribution is -2.36. The first-order valence-electron chi connectivity index (χ1n) is 8.54. The van der Waals surface area contributed by atoms with E-state index in [0.29, 0.717) is 43.5 Å². The number of carbonyl (C=O) groups is 1. The largest absolute Gasteiger partial charge is 0.361 e. The maximum atomic E-state index is 12.2. The summed E-state index contributed by atoms with van der Waals surface area (Å²) in [4.78, 5) is 37.3. The molecule has 0 spiro atoms. The van der Waals surface area contributed by atoms with E-state index in [1.54, 1.807) is 0 Å². The second-order valence-corrected chi connectivity index (χ2v) is 5.79.